The Morgan fingerprint density at radius 1 is 1.30 bits per heavy atom. The molecule has 154 valence electrons. The molecular formula is C21H19N3O6. The van der Waals surface area contributed by atoms with Crippen LogP contribution in [0.1, 0.15) is 22.8 Å². The van der Waals surface area contributed by atoms with E-state index in [-0.39, 0.29) is 28.5 Å². The number of allylic oxidation sites excluding steroid dienone is 1. The minimum Gasteiger partial charge on any atom is -0.440 e. The summed E-state index contributed by atoms with van der Waals surface area (Å²) in [7, 11) is 0. The van der Waals surface area contributed by atoms with E-state index in [4.69, 9.17) is 24.4 Å². The van der Waals surface area contributed by atoms with Crippen LogP contribution in [-0.2, 0) is 4.74 Å². The highest BCUT2D eigenvalue weighted by Crippen LogP contribution is 2.43. The van der Waals surface area contributed by atoms with E-state index in [1.54, 1.807) is 31.2 Å². The van der Waals surface area contributed by atoms with Gasteiger partial charge in [-0.05, 0) is 13.0 Å². The maximum Gasteiger partial charge on any atom is 0.415 e. The zero-order valence-electron chi connectivity index (χ0n) is 16.2. The molecule has 1 unspecified atom stereocenters. The molecule has 2 aromatic rings. The molecule has 1 aromatic carbocycles. The number of nitriles is 1. The van der Waals surface area contributed by atoms with Crippen LogP contribution in [0.5, 0.6) is 11.5 Å². The number of fused-ring (bicyclic) bond motifs is 1. The van der Waals surface area contributed by atoms with E-state index in [1.165, 1.54) is 11.0 Å². The van der Waals surface area contributed by atoms with Crippen molar-refractivity contribution in [2.75, 3.05) is 26.3 Å². The molecule has 0 bridgehead atoms. The number of aryl methyl sites for hydroxylation is 1. The number of carbonyl (C=O) groups is 1. The van der Waals surface area contributed by atoms with E-state index in [9.17, 15) is 14.9 Å². The van der Waals surface area contributed by atoms with Gasteiger partial charge in [0, 0.05) is 24.7 Å². The topological polar surface area (TPSA) is 128 Å². The lowest BCUT2D eigenvalue weighted by atomic mass is 9.84. The third kappa shape index (κ3) is 3.49. The van der Waals surface area contributed by atoms with Crippen molar-refractivity contribution in [2.24, 2.45) is 5.73 Å². The van der Waals surface area contributed by atoms with Crippen LogP contribution in [0.25, 0.3) is 0 Å². The maximum absolute atomic E-state index is 12.7. The van der Waals surface area contributed by atoms with Crippen LogP contribution in [0.4, 0.5) is 4.79 Å². The quantitative estimate of drug-likeness (QED) is 0.798. The van der Waals surface area contributed by atoms with Crippen molar-refractivity contribution in [3.05, 3.63) is 69.1 Å². The lowest BCUT2D eigenvalue weighted by molar-refractivity contribution is 0.0415. The zero-order valence-corrected chi connectivity index (χ0v) is 16.2. The van der Waals surface area contributed by atoms with Crippen LogP contribution >= 0.6 is 0 Å². The monoisotopic (exact) mass is 409 g/mol. The predicted octanol–water partition coefficient (Wildman–Crippen LogP) is 2.00. The van der Waals surface area contributed by atoms with Gasteiger partial charge in [0.25, 0.3) is 0 Å². The third-order valence-electron chi connectivity index (χ3n) is 4.95. The van der Waals surface area contributed by atoms with Crippen molar-refractivity contribution in [3.63, 3.8) is 0 Å². The number of ether oxygens (including phenoxy) is 3. The van der Waals surface area contributed by atoms with Gasteiger partial charge >= 0.3 is 11.7 Å². The molecule has 0 saturated carbocycles. The number of benzene rings is 1. The molecule has 0 radical (unpaired) electrons. The van der Waals surface area contributed by atoms with Crippen LogP contribution < -0.4 is 20.8 Å². The largest absolute Gasteiger partial charge is 0.440 e. The average molecular weight is 409 g/mol. The fraction of sp³-hybridized carbons (Fsp3) is 0.286. The summed E-state index contributed by atoms with van der Waals surface area (Å²) in [5, 5.41) is 9.71. The Balaban J connectivity index is 1.80. The Hall–Kier alpha value is -3.77. The fourth-order valence-corrected chi connectivity index (χ4v) is 3.55. The molecule has 1 fully saturated rings. The Labute approximate surface area is 171 Å². The normalized spacial score (nSPS) is 18.3. The Bertz CT molecular complexity index is 1120. The van der Waals surface area contributed by atoms with Gasteiger partial charge in [0.05, 0.1) is 24.7 Å². The lowest BCUT2D eigenvalue weighted by Gasteiger charge is -2.28. The van der Waals surface area contributed by atoms with Crippen LogP contribution in [0.3, 0.4) is 0 Å². The summed E-state index contributed by atoms with van der Waals surface area (Å²) in [6.07, 6.45) is -0.538. The molecule has 1 amide bonds. The number of hydrogen-bond donors (Lipinski definition) is 1. The molecular weight excluding hydrogens is 390 g/mol. The van der Waals surface area contributed by atoms with Crippen LogP contribution in [-0.4, -0.2) is 37.3 Å². The number of nitrogens with two attached hydrogens (primary N) is 1. The van der Waals surface area contributed by atoms with Crippen molar-refractivity contribution in [1.82, 2.24) is 4.90 Å². The predicted molar refractivity (Wildman–Crippen MR) is 104 cm³/mol. The number of morpholine rings is 1. The first kappa shape index (κ1) is 19.5. The molecule has 9 heteroatoms. The van der Waals surface area contributed by atoms with E-state index in [0.717, 1.165) is 0 Å². The second-order valence-electron chi connectivity index (χ2n) is 6.85. The van der Waals surface area contributed by atoms with E-state index in [1.807, 2.05) is 6.07 Å². The van der Waals surface area contributed by atoms with Crippen molar-refractivity contribution >= 4 is 6.09 Å². The van der Waals surface area contributed by atoms with E-state index >= 15 is 0 Å². The Kier molecular flexibility index (Phi) is 5.16. The van der Waals surface area contributed by atoms with Crippen molar-refractivity contribution in [1.29, 1.82) is 5.26 Å². The van der Waals surface area contributed by atoms with Gasteiger partial charge in [-0.3, -0.25) is 0 Å². The number of rotatable bonds is 2. The summed E-state index contributed by atoms with van der Waals surface area (Å²) in [4.78, 5) is 26.8. The van der Waals surface area contributed by atoms with E-state index in [0.29, 0.717) is 37.6 Å². The molecule has 1 saturated heterocycles. The first-order valence-electron chi connectivity index (χ1n) is 9.35. The maximum atomic E-state index is 12.7. The SMILES string of the molecule is Cc1cc2c(c(=O)o1)C(c1ccccc1OC(=O)N1CCOCC1)C(C#N)=C(N)O2. The summed E-state index contributed by atoms with van der Waals surface area (Å²) < 4.78 is 21.6. The van der Waals surface area contributed by atoms with Crippen LogP contribution in [0.2, 0.25) is 0 Å². The van der Waals surface area contributed by atoms with E-state index in [2.05, 4.69) is 0 Å². The molecule has 4 rings (SSSR count). The van der Waals surface area contributed by atoms with Gasteiger partial charge in [0.1, 0.15) is 28.9 Å². The number of amides is 1. The fourth-order valence-electron chi connectivity index (χ4n) is 3.55. The molecule has 1 aromatic heterocycles. The highest BCUT2D eigenvalue weighted by atomic mass is 16.6. The highest BCUT2D eigenvalue weighted by molar-refractivity contribution is 5.72. The highest BCUT2D eigenvalue weighted by Gasteiger charge is 2.36. The molecule has 0 aliphatic carbocycles. The second kappa shape index (κ2) is 7.93. The average Bonchev–Trinajstić information content (AvgIpc) is 2.73. The van der Waals surface area contributed by atoms with Gasteiger partial charge in [-0.2, -0.15) is 5.26 Å². The van der Waals surface area contributed by atoms with Gasteiger partial charge in [0.2, 0.25) is 5.88 Å². The number of carbonyl (C=O) groups excluding carboxylic acids is 1. The smallest absolute Gasteiger partial charge is 0.415 e. The van der Waals surface area contributed by atoms with E-state index < -0.39 is 17.6 Å². The van der Waals surface area contributed by atoms with Gasteiger partial charge in [-0.25, -0.2) is 9.59 Å². The van der Waals surface area contributed by atoms with Gasteiger partial charge in [-0.1, -0.05) is 18.2 Å². The minimum atomic E-state index is -0.899. The van der Waals surface area contributed by atoms with Gasteiger partial charge in [-0.15, -0.1) is 0 Å². The molecule has 1 atom stereocenters. The molecule has 2 aliphatic rings. The van der Waals surface area contributed by atoms with Crippen molar-refractivity contribution in [3.8, 4) is 17.6 Å². The van der Waals surface area contributed by atoms with Gasteiger partial charge in [0.15, 0.2) is 0 Å². The molecule has 3 heterocycles. The molecule has 2 aliphatic heterocycles. The minimum absolute atomic E-state index is 0.0357. The van der Waals surface area contributed by atoms with Crippen LogP contribution in [0, 0.1) is 18.3 Å². The first-order valence-corrected chi connectivity index (χ1v) is 9.35. The summed E-state index contributed by atoms with van der Waals surface area (Å²) in [6.45, 7) is 3.31. The van der Waals surface area contributed by atoms with Crippen LogP contribution in [0.15, 0.2) is 51.0 Å². The molecule has 0 spiro atoms. The molecule has 9 nitrogen and oxygen atoms in total. The number of hydrogen-bond acceptors (Lipinski definition) is 8. The summed E-state index contributed by atoms with van der Waals surface area (Å²) in [5.74, 6) is -0.247. The summed E-state index contributed by atoms with van der Waals surface area (Å²) in [6, 6.07) is 10.2. The third-order valence-corrected chi connectivity index (χ3v) is 4.95. The van der Waals surface area contributed by atoms with Crippen molar-refractivity contribution < 1.29 is 23.4 Å². The molecule has 30 heavy (non-hydrogen) atoms. The van der Waals surface area contributed by atoms with Gasteiger partial charge < -0.3 is 29.3 Å². The standard InChI is InChI=1S/C21H19N3O6/c1-12-10-16-18(20(25)28-12)17(14(11-22)19(23)29-16)13-4-2-3-5-15(13)30-21(26)24-6-8-27-9-7-24/h2-5,10,17H,6-9,23H2,1H3. The lowest BCUT2D eigenvalue weighted by Crippen LogP contribution is -2.42. The number of nitrogens with zero attached hydrogens (tertiary/aromatic N) is 2. The Morgan fingerprint density at radius 2 is 2.03 bits per heavy atom. The molecule has 2 N–H and O–H groups in total. The zero-order chi connectivity index (χ0) is 21.3. The summed E-state index contributed by atoms with van der Waals surface area (Å²) in [5.41, 5.74) is 5.92. The Morgan fingerprint density at radius 3 is 2.77 bits per heavy atom. The first-order chi connectivity index (χ1) is 14.5. The van der Waals surface area contributed by atoms with Crippen molar-refractivity contribution in [2.45, 2.75) is 12.8 Å². The number of para-hydroxylation sites is 1. The second-order valence-corrected chi connectivity index (χ2v) is 6.85. The summed E-state index contributed by atoms with van der Waals surface area (Å²) >= 11 is 0.